The molecule has 1 heterocycles. The molecule has 0 spiro atoms. The van der Waals surface area contributed by atoms with E-state index in [0.29, 0.717) is 30.8 Å². The van der Waals surface area contributed by atoms with Gasteiger partial charge in [0.1, 0.15) is 17.3 Å². The molecule has 0 radical (unpaired) electrons. The third kappa shape index (κ3) is 6.67. The fourth-order valence-corrected chi connectivity index (χ4v) is 3.71. The molecule has 3 aromatic rings. The van der Waals surface area contributed by atoms with Gasteiger partial charge >= 0.3 is 0 Å². The van der Waals surface area contributed by atoms with Gasteiger partial charge in [0, 0.05) is 35.5 Å². The standard InChI is InChI=1S/C12H9O2P.C6H16O3P2/c1-3-7-11-9(5-1)10-6-2-4-8-12(10)14-15-13-11;1-7-4-6(9-11-3)5-8-10-2/h1-8,15H;6,10-11H,4-5H2,1-3H3. The van der Waals surface area contributed by atoms with Crippen LogP contribution in [-0.2, 0) is 13.8 Å². The van der Waals surface area contributed by atoms with Crippen molar-refractivity contribution in [3.8, 4) is 0 Å². The van der Waals surface area contributed by atoms with E-state index in [1.165, 1.54) is 0 Å². The van der Waals surface area contributed by atoms with E-state index < -0.39 is 0 Å². The maximum atomic E-state index is 5.54. The van der Waals surface area contributed by atoms with Crippen LogP contribution in [0.3, 0.4) is 0 Å². The molecule has 142 valence electrons. The third-order valence-corrected chi connectivity index (χ3v) is 5.05. The minimum Gasteiger partial charge on any atom is -0.421 e. The van der Waals surface area contributed by atoms with Crippen molar-refractivity contribution in [1.82, 2.24) is 0 Å². The van der Waals surface area contributed by atoms with Gasteiger partial charge in [0.25, 0.3) is 0 Å². The number of hydrogen-bond donors (Lipinski definition) is 0. The first kappa shape index (κ1) is 21.4. The molecule has 0 bridgehead atoms. The van der Waals surface area contributed by atoms with E-state index in [1.807, 2.05) is 61.9 Å². The summed E-state index contributed by atoms with van der Waals surface area (Å²) in [4.78, 5) is 0. The molecule has 8 heteroatoms. The van der Waals surface area contributed by atoms with Gasteiger partial charge in [-0.15, -0.1) is 0 Å². The van der Waals surface area contributed by atoms with Crippen LogP contribution in [0.15, 0.2) is 56.9 Å². The Balaban J connectivity index is 0.000000199. The predicted octanol–water partition coefficient (Wildman–Crippen LogP) is 5.82. The van der Waals surface area contributed by atoms with E-state index in [4.69, 9.17) is 22.2 Å². The van der Waals surface area contributed by atoms with Crippen LogP contribution >= 0.6 is 26.3 Å². The monoisotopic (exact) mass is 414 g/mol. The van der Waals surface area contributed by atoms with Crippen molar-refractivity contribution in [2.45, 2.75) is 6.10 Å². The summed E-state index contributed by atoms with van der Waals surface area (Å²) in [5.41, 5.74) is 1.78. The lowest BCUT2D eigenvalue weighted by atomic mass is 10.1. The molecule has 0 amide bonds. The second-order valence-corrected chi connectivity index (χ2v) is 7.11. The molecule has 3 unspecified atom stereocenters. The topological polar surface area (TPSA) is 54.0 Å². The van der Waals surface area contributed by atoms with E-state index in [9.17, 15) is 0 Å². The Morgan fingerprint density at radius 1 is 0.885 bits per heavy atom. The number of para-hydroxylation sites is 2. The first-order chi connectivity index (χ1) is 12.8. The quantitative estimate of drug-likeness (QED) is 0.457. The molecule has 5 nitrogen and oxygen atoms in total. The summed E-state index contributed by atoms with van der Waals surface area (Å²) in [6.45, 7) is 5.25. The van der Waals surface area contributed by atoms with Crippen molar-refractivity contribution < 1.29 is 22.2 Å². The molecule has 3 rings (SSSR count). The molecule has 0 fully saturated rings. The van der Waals surface area contributed by atoms with Crippen LogP contribution in [0.2, 0.25) is 0 Å². The normalized spacial score (nSPS) is 12.7. The number of ether oxygens (including phenoxy) is 1. The van der Waals surface area contributed by atoms with Crippen molar-refractivity contribution in [3.63, 3.8) is 0 Å². The van der Waals surface area contributed by atoms with E-state index in [2.05, 4.69) is 0 Å². The highest BCUT2D eigenvalue weighted by Gasteiger charge is 2.06. The van der Waals surface area contributed by atoms with Gasteiger partial charge < -0.3 is 22.2 Å². The maximum absolute atomic E-state index is 5.54. The lowest BCUT2D eigenvalue weighted by molar-refractivity contribution is 0.0633. The highest BCUT2D eigenvalue weighted by Crippen LogP contribution is 2.26. The Hall–Kier alpha value is -0.920. The minimum absolute atomic E-state index is 0.0288. The largest absolute Gasteiger partial charge is 0.421 e. The Morgan fingerprint density at radius 2 is 1.46 bits per heavy atom. The first-order valence-electron chi connectivity index (χ1n) is 8.17. The minimum atomic E-state index is 0.0288. The van der Waals surface area contributed by atoms with Gasteiger partial charge in [-0.3, -0.25) is 0 Å². The Kier molecular flexibility index (Phi) is 10.2. The highest BCUT2D eigenvalue weighted by atomic mass is 31.1. The molecular weight excluding hydrogens is 389 g/mol. The molecule has 0 saturated carbocycles. The van der Waals surface area contributed by atoms with Crippen LogP contribution < -0.4 is 0 Å². The maximum Gasteiger partial charge on any atom is 0.201 e. The highest BCUT2D eigenvalue weighted by molar-refractivity contribution is 7.31. The lowest BCUT2D eigenvalue weighted by Crippen LogP contribution is -2.20. The lowest BCUT2D eigenvalue weighted by Gasteiger charge is -2.14. The van der Waals surface area contributed by atoms with E-state index in [-0.39, 0.29) is 14.8 Å². The van der Waals surface area contributed by atoms with Gasteiger partial charge in [-0.2, -0.15) is 0 Å². The zero-order valence-corrected chi connectivity index (χ0v) is 18.2. The van der Waals surface area contributed by atoms with Gasteiger partial charge in [0.2, 0.25) is 8.67 Å². The first-order valence-corrected chi connectivity index (χ1v) is 11.8. The summed E-state index contributed by atoms with van der Waals surface area (Å²) in [5.74, 6) is 0. The Labute approximate surface area is 159 Å². The molecule has 0 saturated heterocycles. The van der Waals surface area contributed by atoms with E-state index in [1.54, 1.807) is 7.11 Å². The molecule has 0 N–H and O–H groups in total. The average Bonchev–Trinajstić information content (AvgIpc) is 2.86. The summed E-state index contributed by atoms with van der Waals surface area (Å²) in [6.07, 6.45) is 0.107. The Bertz CT molecular complexity index is 748. The zero-order valence-electron chi connectivity index (χ0n) is 15.2. The Morgan fingerprint density at radius 3 is 1.96 bits per heavy atom. The smallest absolute Gasteiger partial charge is 0.201 e. The summed E-state index contributed by atoms with van der Waals surface area (Å²) >= 11 is 0. The average molecular weight is 414 g/mol. The molecule has 1 aromatic heterocycles. The summed E-state index contributed by atoms with van der Waals surface area (Å²) < 4.78 is 26.6. The number of fused-ring (bicyclic) bond motifs is 3. The van der Waals surface area contributed by atoms with Crippen LogP contribution in [0.1, 0.15) is 0 Å². The molecule has 2 aromatic carbocycles. The van der Waals surface area contributed by atoms with Crippen molar-refractivity contribution in [1.29, 1.82) is 0 Å². The van der Waals surface area contributed by atoms with Crippen molar-refractivity contribution in [3.05, 3.63) is 48.5 Å². The van der Waals surface area contributed by atoms with Crippen LogP contribution in [0, 0.1) is 0 Å². The van der Waals surface area contributed by atoms with Crippen LogP contribution in [-0.4, -0.2) is 39.8 Å². The van der Waals surface area contributed by atoms with Gasteiger partial charge in [0.15, 0.2) is 0 Å². The molecule has 0 aliphatic carbocycles. The fraction of sp³-hybridized carbons (Fsp3) is 0.333. The SMILES string of the molecule is COCC(COPC)OPC.c1ccc2c(c1)o[pH]oc1ccccc12. The third-order valence-electron chi connectivity index (χ3n) is 3.42. The summed E-state index contributed by atoms with van der Waals surface area (Å²) in [5, 5.41) is 2.19. The van der Waals surface area contributed by atoms with Crippen LogP contribution in [0.25, 0.3) is 21.9 Å². The molecule has 0 aliphatic rings. The fourth-order valence-electron chi connectivity index (χ4n) is 2.31. The molecule has 0 aliphatic heterocycles. The number of rotatable bonds is 7. The van der Waals surface area contributed by atoms with Gasteiger partial charge in [-0.1, -0.05) is 36.4 Å². The molecule has 3 atom stereocenters. The van der Waals surface area contributed by atoms with Gasteiger partial charge in [-0.05, 0) is 25.5 Å². The van der Waals surface area contributed by atoms with Gasteiger partial charge in [0.05, 0.1) is 13.2 Å². The van der Waals surface area contributed by atoms with E-state index >= 15 is 0 Å². The van der Waals surface area contributed by atoms with Crippen molar-refractivity contribution >= 4 is 48.2 Å². The number of benzene rings is 2. The van der Waals surface area contributed by atoms with Gasteiger partial charge in [-0.25, -0.2) is 0 Å². The van der Waals surface area contributed by atoms with Crippen molar-refractivity contribution in [2.75, 3.05) is 33.7 Å². The second kappa shape index (κ2) is 12.5. The summed E-state index contributed by atoms with van der Waals surface area (Å²) in [7, 11) is 2.73. The summed E-state index contributed by atoms with van der Waals surface area (Å²) in [6, 6.07) is 16.0. The number of methoxy groups -OCH3 is 1. The zero-order chi connectivity index (χ0) is 18.6. The van der Waals surface area contributed by atoms with Crippen molar-refractivity contribution in [2.24, 2.45) is 0 Å². The van der Waals surface area contributed by atoms with Crippen LogP contribution in [0.4, 0.5) is 0 Å². The molecule has 26 heavy (non-hydrogen) atoms. The predicted molar refractivity (Wildman–Crippen MR) is 114 cm³/mol. The molecular formula is C18H25O5P3. The van der Waals surface area contributed by atoms with E-state index in [0.717, 1.165) is 21.9 Å². The second-order valence-electron chi connectivity index (χ2n) is 5.19. The van der Waals surface area contributed by atoms with Crippen LogP contribution in [0.5, 0.6) is 0 Å². The number of hydrogen-bond acceptors (Lipinski definition) is 5.